The van der Waals surface area contributed by atoms with Crippen LogP contribution < -0.4 is 10.2 Å². The van der Waals surface area contributed by atoms with Gasteiger partial charge in [-0.2, -0.15) is 0 Å². The Balaban J connectivity index is 1.36. The molecule has 1 amide bonds. The number of nitrogens with one attached hydrogen (secondary N) is 1. The Morgan fingerprint density at radius 1 is 1.07 bits per heavy atom. The highest BCUT2D eigenvalue weighted by atomic mass is 35.5. The van der Waals surface area contributed by atoms with Crippen LogP contribution in [0.3, 0.4) is 0 Å². The summed E-state index contributed by atoms with van der Waals surface area (Å²) in [6.45, 7) is 4.08. The quantitative estimate of drug-likeness (QED) is 0.653. The van der Waals surface area contributed by atoms with Crippen LogP contribution in [-0.4, -0.2) is 29.0 Å². The molecule has 0 saturated carbocycles. The largest absolute Gasteiger partial charge is 0.352 e. The second kappa shape index (κ2) is 9.26. The van der Waals surface area contributed by atoms with Crippen LogP contribution in [0.4, 0.5) is 5.95 Å². The van der Waals surface area contributed by atoms with Crippen molar-refractivity contribution in [2.45, 2.75) is 26.3 Å². The van der Waals surface area contributed by atoms with E-state index < -0.39 is 0 Å². The molecule has 2 heterocycles. The molecule has 0 spiro atoms. The van der Waals surface area contributed by atoms with Crippen molar-refractivity contribution in [3.8, 4) is 11.1 Å². The van der Waals surface area contributed by atoms with Gasteiger partial charge in [-0.3, -0.25) is 4.79 Å². The summed E-state index contributed by atoms with van der Waals surface area (Å²) >= 11 is 5.92. The highest BCUT2D eigenvalue weighted by Gasteiger charge is 2.27. The summed E-state index contributed by atoms with van der Waals surface area (Å²) in [5.74, 6) is 0.693. The van der Waals surface area contributed by atoms with Crippen LogP contribution in [-0.2, 0) is 11.3 Å². The maximum atomic E-state index is 12.7. The van der Waals surface area contributed by atoms with E-state index in [9.17, 15) is 4.79 Å². The van der Waals surface area contributed by atoms with E-state index >= 15 is 0 Å². The minimum absolute atomic E-state index is 0.0635. The van der Waals surface area contributed by atoms with Gasteiger partial charge in [0, 0.05) is 42.6 Å². The average molecular weight is 421 g/mol. The monoisotopic (exact) mass is 420 g/mol. The number of anilines is 1. The van der Waals surface area contributed by atoms with Crippen LogP contribution in [0.15, 0.2) is 60.9 Å². The molecule has 0 radical (unpaired) electrons. The first-order valence-corrected chi connectivity index (χ1v) is 10.6. The van der Waals surface area contributed by atoms with Gasteiger partial charge in [0.1, 0.15) is 0 Å². The zero-order valence-corrected chi connectivity index (χ0v) is 17.8. The number of piperidine rings is 1. The lowest BCUT2D eigenvalue weighted by Gasteiger charge is -2.32. The van der Waals surface area contributed by atoms with Gasteiger partial charge in [0.05, 0.1) is 5.92 Å². The molecule has 5 nitrogen and oxygen atoms in total. The molecular formula is C24H25ClN4O. The maximum absolute atomic E-state index is 12.7. The Morgan fingerprint density at radius 3 is 2.47 bits per heavy atom. The van der Waals surface area contributed by atoms with Crippen molar-refractivity contribution in [2.75, 3.05) is 18.0 Å². The number of amides is 1. The molecule has 1 aliphatic rings. The summed E-state index contributed by atoms with van der Waals surface area (Å²) in [4.78, 5) is 23.9. The topological polar surface area (TPSA) is 58.1 Å². The number of rotatable bonds is 5. The predicted molar refractivity (Wildman–Crippen MR) is 120 cm³/mol. The van der Waals surface area contributed by atoms with E-state index in [1.54, 1.807) is 0 Å². The first-order chi connectivity index (χ1) is 14.6. The molecule has 1 aliphatic heterocycles. The lowest BCUT2D eigenvalue weighted by atomic mass is 9.97. The van der Waals surface area contributed by atoms with E-state index in [-0.39, 0.29) is 11.8 Å². The molecule has 1 N–H and O–H groups in total. The highest BCUT2D eigenvalue weighted by molar-refractivity contribution is 6.30. The van der Waals surface area contributed by atoms with Gasteiger partial charge in [-0.25, -0.2) is 9.97 Å². The molecule has 6 heteroatoms. The summed E-state index contributed by atoms with van der Waals surface area (Å²) in [6, 6.07) is 15.9. The fraction of sp³-hybridized carbons (Fsp3) is 0.292. The number of aromatic nitrogens is 2. The van der Waals surface area contributed by atoms with Crippen LogP contribution in [0.2, 0.25) is 5.02 Å². The van der Waals surface area contributed by atoms with Crippen molar-refractivity contribution in [3.63, 3.8) is 0 Å². The molecular weight excluding hydrogens is 396 g/mol. The molecule has 0 unspecified atom stereocenters. The van der Waals surface area contributed by atoms with Crippen molar-refractivity contribution in [1.29, 1.82) is 0 Å². The third-order valence-corrected chi connectivity index (χ3v) is 5.73. The van der Waals surface area contributed by atoms with E-state index in [4.69, 9.17) is 11.6 Å². The highest BCUT2D eigenvalue weighted by Crippen LogP contribution is 2.23. The second-order valence-corrected chi connectivity index (χ2v) is 8.20. The Hall–Kier alpha value is -2.92. The zero-order valence-electron chi connectivity index (χ0n) is 17.0. The molecule has 1 aromatic heterocycles. The van der Waals surface area contributed by atoms with Crippen molar-refractivity contribution < 1.29 is 4.79 Å². The van der Waals surface area contributed by atoms with Gasteiger partial charge < -0.3 is 10.2 Å². The molecule has 0 aliphatic carbocycles. The van der Waals surface area contributed by atoms with Crippen molar-refractivity contribution in [3.05, 3.63) is 77.1 Å². The molecule has 1 atom stereocenters. The average Bonchev–Trinajstić information content (AvgIpc) is 2.79. The molecule has 1 saturated heterocycles. The van der Waals surface area contributed by atoms with Gasteiger partial charge in [0.25, 0.3) is 0 Å². The number of aryl methyl sites for hydroxylation is 1. The molecule has 2 aromatic carbocycles. The lowest BCUT2D eigenvalue weighted by molar-refractivity contribution is -0.125. The van der Waals surface area contributed by atoms with Gasteiger partial charge in [-0.15, -0.1) is 0 Å². The van der Waals surface area contributed by atoms with Crippen molar-refractivity contribution in [2.24, 2.45) is 5.92 Å². The molecule has 4 rings (SSSR count). The number of benzene rings is 2. The third-order valence-electron chi connectivity index (χ3n) is 5.48. The lowest BCUT2D eigenvalue weighted by Crippen LogP contribution is -2.43. The van der Waals surface area contributed by atoms with Crippen LogP contribution in [0.5, 0.6) is 0 Å². The number of hydrogen-bond acceptors (Lipinski definition) is 4. The predicted octanol–water partition coefficient (Wildman–Crippen LogP) is 4.64. The summed E-state index contributed by atoms with van der Waals surface area (Å²) in [5, 5.41) is 3.74. The maximum Gasteiger partial charge on any atom is 0.225 e. The first kappa shape index (κ1) is 20.4. The van der Waals surface area contributed by atoms with Crippen LogP contribution in [0.1, 0.15) is 24.0 Å². The fourth-order valence-electron chi connectivity index (χ4n) is 3.69. The Morgan fingerprint density at radius 2 is 1.77 bits per heavy atom. The van der Waals surface area contributed by atoms with Gasteiger partial charge in [-0.05, 0) is 43.0 Å². The first-order valence-electron chi connectivity index (χ1n) is 10.2. The van der Waals surface area contributed by atoms with E-state index in [2.05, 4.69) is 51.4 Å². The number of halogens is 1. The number of carbonyl (C=O) groups is 1. The van der Waals surface area contributed by atoms with Gasteiger partial charge in [0.2, 0.25) is 11.9 Å². The van der Waals surface area contributed by atoms with Crippen LogP contribution in [0.25, 0.3) is 11.1 Å². The number of nitrogens with zero attached hydrogens (tertiary/aromatic N) is 3. The van der Waals surface area contributed by atoms with Gasteiger partial charge >= 0.3 is 0 Å². The minimum atomic E-state index is -0.0635. The molecule has 3 aromatic rings. The molecule has 30 heavy (non-hydrogen) atoms. The zero-order chi connectivity index (χ0) is 20.9. The smallest absolute Gasteiger partial charge is 0.225 e. The van der Waals surface area contributed by atoms with Gasteiger partial charge in [-0.1, -0.05) is 53.6 Å². The van der Waals surface area contributed by atoms with E-state index in [1.165, 1.54) is 5.56 Å². The van der Waals surface area contributed by atoms with E-state index in [0.29, 0.717) is 24.1 Å². The summed E-state index contributed by atoms with van der Waals surface area (Å²) in [7, 11) is 0. The SMILES string of the molecule is Cc1ccc(-c2cnc(N3CCC[C@H](C(=O)NCc4ccc(Cl)cc4)C3)nc2)cc1. The van der Waals surface area contributed by atoms with Gasteiger partial charge in [0.15, 0.2) is 0 Å². The van der Waals surface area contributed by atoms with Crippen LogP contribution in [0, 0.1) is 12.8 Å². The summed E-state index contributed by atoms with van der Waals surface area (Å²) < 4.78 is 0. The number of carbonyl (C=O) groups excluding carboxylic acids is 1. The second-order valence-electron chi connectivity index (χ2n) is 7.77. The Bertz CT molecular complexity index is 987. The number of hydrogen-bond donors (Lipinski definition) is 1. The van der Waals surface area contributed by atoms with Crippen molar-refractivity contribution >= 4 is 23.5 Å². The summed E-state index contributed by atoms with van der Waals surface area (Å²) in [5.41, 5.74) is 4.36. The Kier molecular flexibility index (Phi) is 6.29. The normalized spacial score (nSPS) is 16.3. The Labute approximate surface area is 182 Å². The van der Waals surface area contributed by atoms with Crippen LogP contribution >= 0.6 is 11.6 Å². The standard InChI is InChI=1S/C24H25ClN4O/c1-17-4-8-19(9-5-17)21-14-27-24(28-15-21)29-12-2-3-20(16-29)23(30)26-13-18-6-10-22(25)11-7-18/h4-11,14-15,20H,2-3,12-13,16H2,1H3,(H,26,30)/t20-/m0/s1. The molecule has 1 fully saturated rings. The molecule has 154 valence electrons. The molecule has 0 bridgehead atoms. The van der Waals surface area contributed by atoms with E-state index in [0.717, 1.165) is 36.1 Å². The van der Waals surface area contributed by atoms with E-state index in [1.807, 2.05) is 36.7 Å². The minimum Gasteiger partial charge on any atom is -0.352 e. The summed E-state index contributed by atoms with van der Waals surface area (Å²) in [6.07, 6.45) is 5.54. The third kappa shape index (κ3) is 4.97. The fourth-order valence-corrected chi connectivity index (χ4v) is 3.81. The van der Waals surface area contributed by atoms with Crippen molar-refractivity contribution in [1.82, 2.24) is 15.3 Å².